The molecule has 2 heterocycles. The van der Waals surface area contributed by atoms with Gasteiger partial charge in [0.1, 0.15) is 5.65 Å². The van der Waals surface area contributed by atoms with Crippen LogP contribution in [-0.4, -0.2) is 9.55 Å². The van der Waals surface area contributed by atoms with E-state index < -0.39 is 0 Å². The minimum Gasteiger partial charge on any atom is -0.309 e. The van der Waals surface area contributed by atoms with Crippen molar-refractivity contribution >= 4 is 104 Å². The maximum absolute atomic E-state index is 5.13. The van der Waals surface area contributed by atoms with Gasteiger partial charge < -0.3 is 4.90 Å². The van der Waals surface area contributed by atoms with Gasteiger partial charge in [0.25, 0.3) is 0 Å². The van der Waals surface area contributed by atoms with Crippen LogP contribution in [0, 0.1) is 0 Å². The molecule has 0 bridgehead atoms. The van der Waals surface area contributed by atoms with Gasteiger partial charge >= 0.3 is 0 Å². The molecule has 0 spiro atoms. The standard InChI is InChI=1S/C65H41N3/c1-2-18-42(19-3-1)63-54-30-12-14-32-56(54)64(57-33-15-13-31-55(57)63)45-35-36-60-59(38-45)58-34-17-37-66-65(58)68(60)47-23-16-22-46(41-47)67(61-39-43-20-4-6-24-48(43)50-26-8-10-28-52(50)61)62-40-44-21-5-7-25-49(44)51-27-9-11-29-53(51)62/h1-41H. The minimum absolute atomic E-state index is 0.921. The number of benzene rings is 12. The van der Waals surface area contributed by atoms with E-state index in [1.807, 2.05) is 6.20 Å². The van der Waals surface area contributed by atoms with Crippen LogP contribution in [0.4, 0.5) is 17.1 Å². The molecular formula is C65H41N3. The molecule has 0 N–H and O–H groups in total. The first-order chi connectivity index (χ1) is 33.8. The van der Waals surface area contributed by atoms with Crippen molar-refractivity contribution in [3.8, 4) is 27.9 Å². The summed E-state index contributed by atoms with van der Waals surface area (Å²) in [7, 11) is 0. The van der Waals surface area contributed by atoms with Crippen LogP contribution in [0.3, 0.4) is 0 Å². The van der Waals surface area contributed by atoms with Crippen molar-refractivity contribution in [3.63, 3.8) is 0 Å². The van der Waals surface area contributed by atoms with Crippen LogP contribution < -0.4 is 4.90 Å². The Morgan fingerprint density at radius 2 is 0.794 bits per heavy atom. The van der Waals surface area contributed by atoms with Crippen molar-refractivity contribution in [2.45, 2.75) is 0 Å². The third kappa shape index (κ3) is 5.82. The van der Waals surface area contributed by atoms with Crippen LogP contribution in [0.5, 0.6) is 0 Å². The number of hydrogen-bond acceptors (Lipinski definition) is 2. The maximum atomic E-state index is 5.13. The van der Waals surface area contributed by atoms with Crippen molar-refractivity contribution in [3.05, 3.63) is 249 Å². The van der Waals surface area contributed by atoms with Gasteiger partial charge in [-0.15, -0.1) is 0 Å². The molecule has 68 heavy (non-hydrogen) atoms. The van der Waals surface area contributed by atoms with E-state index in [1.54, 1.807) is 0 Å². The van der Waals surface area contributed by atoms with E-state index in [9.17, 15) is 0 Å². The first kappa shape index (κ1) is 38.2. The zero-order chi connectivity index (χ0) is 44.7. The second-order valence-electron chi connectivity index (χ2n) is 17.8. The Kier molecular flexibility index (Phi) is 8.59. The molecule has 12 aromatic carbocycles. The Hall–Kier alpha value is -9.05. The van der Waals surface area contributed by atoms with Gasteiger partial charge in [-0.3, -0.25) is 4.57 Å². The largest absolute Gasteiger partial charge is 0.309 e. The lowest BCUT2D eigenvalue weighted by molar-refractivity contribution is 1.13. The highest BCUT2D eigenvalue weighted by Gasteiger charge is 2.23. The first-order valence-corrected chi connectivity index (χ1v) is 23.4. The predicted octanol–water partition coefficient (Wildman–Crippen LogP) is 17.9. The van der Waals surface area contributed by atoms with Crippen molar-refractivity contribution in [2.75, 3.05) is 4.90 Å². The zero-order valence-electron chi connectivity index (χ0n) is 37.0. The molecule has 0 unspecified atom stereocenters. The van der Waals surface area contributed by atoms with Gasteiger partial charge in [0.05, 0.1) is 16.9 Å². The predicted molar refractivity (Wildman–Crippen MR) is 289 cm³/mol. The molecule has 14 rings (SSSR count). The molecule has 3 nitrogen and oxygen atoms in total. The Labute approximate surface area is 393 Å². The van der Waals surface area contributed by atoms with E-state index in [-0.39, 0.29) is 0 Å². The molecule has 14 aromatic rings. The lowest BCUT2D eigenvalue weighted by Gasteiger charge is -2.29. The van der Waals surface area contributed by atoms with E-state index in [4.69, 9.17) is 4.98 Å². The minimum atomic E-state index is 0.921. The van der Waals surface area contributed by atoms with Gasteiger partial charge in [-0.25, -0.2) is 4.98 Å². The van der Waals surface area contributed by atoms with Crippen LogP contribution in [0.25, 0.3) is 115 Å². The van der Waals surface area contributed by atoms with Gasteiger partial charge in [0.15, 0.2) is 0 Å². The average Bonchev–Trinajstić information content (AvgIpc) is 3.74. The lowest BCUT2D eigenvalue weighted by atomic mass is 9.86. The Morgan fingerprint density at radius 1 is 0.309 bits per heavy atom. The Morgan fingerprint density at radius 3 is 1.38 bits per heavy atom. The zero-order valence-corrected chi connectivity index (χ0v) is 37.0. The topological polar surface area (TPSA) is 21.1 Å². The smallest absolute Gasteiger partial charge is 0.145 e. The number of aromatic nitrogens is 2. The lowest BCUT2D eigenvalue weighted by Crippen LogP contribution is -2.12. The highest BCUT2D eigenvalue weighted by atomic mass is 15.2. The number of hydrogen-bond donors (Lipinski definition) is 0. The van der Waals surface area contributed by atoms with Crippen LogP contribution in [-0.2, 0) is 0 Å². The van der Waals surface area contributed by atoms with Crippen molar-refractivity contribution in [2.24, 2.45) is 0 Å². The monoisotopic (exact) mass is 863 g/mol. The second kappa shape index (κ2) is 15.3. The number of anilines is 3. The van der Waals surface area contributed by atoms with Crippen LogP contribution in [0.2, 0.25) is 0 Å². The van der Waals surface area contributed by atoms with E-state index in [1.165, 1.54) is 86.9 Å². The fourth-order valence-electron chi connectivity index (χ4n) is 11.2. The summed E-state index contributed by atoms with van der Waals surface area (Å²) in [5.41, 5.74) is 11.3. The van der Waals surface area contributed by atoms with E-state index >= 15 is 0 Å². The average molecular weight is 864 g/mol. The van der Waals surface area contributed by atoms with Crippen LogP contribution in [0.1, 0.15) is 0 Å². The van der Waals surface area contributed by atoms with Crippen LogP contribution in [0.15, 0.2) is 249 Å². The van der Waals surface area contributed by atoms with Crippen molar-refractivity contribution in [1.29, 1.82) is 0 Å². The van der Waals surface area contributed by atoms with Gasteiger partial charge in [-0.2, -0.15) is 0 Å². The molecule has 0 aliphatic rings. The summed E-state index contributed by atoms with van der Waals surface area (Å²) in [4.78, 5) is 7.62. The molecule has 3 heteroatoms. The second-order valence-corrected chi connectivity index (χ2v) is 17.8. The summed E-state index contributed by atoms with van der Waals surface area (Å²) in [6.45, 7) is 0. The van der Waals surface area contributed by atoms with Gasteiger partial charge in [0, 0.05) is 39.1 Å². The third-order valence-electron chi connectivity index (χ3n) is 14.1. The molecule has 0 radical (unpaired) electrons. The van der Waals surface area contributed by atoms with Gasteiger partial charge in [-0.05, 0) is 131 Å². The van der Waals surface area contributed by atoms with Crippen LogP contribution >= 0.6 is 0 Å². The highest BCUT2D eigenvalue weighted by molar-refractivity contribution is 6.23. The number of rotatable bonds is 6. The summed E-state index contributed by atoms with van der Waals surface area (Å²) in [6.07, 6.45) is 1.92. The first-order valence-electron chi connectivity index (χ1n) is 23.4. The molecule has 0 amide bonds. The molecule has 316 valence electrons. The molecule has 0 atom stereocenters. The Balaban J connectivity index is 1.01. The summed E-state index contributed by atoms with van der Waals surface area (Å²) in [6, 6.07) is 88.9. The molecule has 0 fully saturated rings. The van der Waals surface area contributed by atoms with E-state index in [0.29, 0.717) is 0 Å². The highest BCUT2D eigenvalue weighted by Crippen LogP contribution is 2.48. The summed E-state index contributed by atoms with van der Waals surface area (Å²) >= 11 is 0. The third-order valence-corrected chi connectivity index (χ3v) is 14.1. The number of fused-ring (bicyclic) bond motifs is 11. The van der Waals surface area contributed by atoms with Gasteiger partial charge in [-0.1, -0.05) is 188 Å². The Bertz CT molecular complexity index is 4160. The molecule has 0 aliphatic carbocycles. The number of pyridine rings is 1. The summed E-state index contributed by atoms with van der Waals surface area (Å²) in [5, 5.41) is 17.0. The SMILES string of the molecule is c1ccc(-c2c3ccccc3c(-c3ccc4c(c3)c3cccnc3n4-c3cccc(N(c4cc5ccccc5c5ccccc45)c4cc5ccccc5c5ccccc45)c3)c3ccccc23)cc1. The molecule has 0 aliphatic heterocycles. The quantitative estimate of drug-likeness (QED) is 0.123. The fraction of sp³-hybridized carbons (Fsp3) is 0. The van der Waals surface area contributed by atoms with Gasteiger partial charge in [0.2, 0.25) is 0 Å². The maximum Gasteiger partial charge on any atom is 0.145 e. The summed E-state index contributed by atoms with van der Waals surface area (Å²) < 4.78 is 2.35. The van der Waals surface area contributed by atoms with E-state index in [2.05, 4.69) is 252 Å². The van der Waals surface area contributed by atoms with Crippen molar-refractivity contribution < 1.29 is 0 Å². The summed E-state index contributed by atoms with van der Waals surface area (Å²) in [5.74, 6) is 0. The fourth-order valence-corrected chi connectivity index (χ4v) is 11.2. The number of nitrogens with zero attached hydrogens (tertiary/aromatic N) is 3. The van der Waals surface area contributed by atoms with E-state index in [0.717, 1.165) is 44.7 Å². The molecule has 0 saturated carbocycles. The normalized spacial score (nSPS) is 11.8. The molecular weight excluding hydrogens is 823 g/mol. The molecule has 0 saturated heterocycles. The molecule has 2 aromatic heterocycles. The van der Waals surface area contributed by atoms with Crippen molar-refractivity contribution in [1.82, 2.24) is 9.55 Å².